The first kappa shape index (κ1) is 15.0. The molecule has 4 nitrogen and oxygen atoms in total. The molecule has 0 aliphatic carbocycles. The van der Waals surface area contributed by atoms with Crippen LogP contribution in [0.5, 0.6) is 0 Å². The maximum Gasteiger partial charge on any atom is 0.244 e. The largest absolute Gasteiger partial charge is 0.326 e. The van der Waals surface area contributed by atoms with Crippen LogP contribution < -0.4 is 5.73 Å². The smallest absolute Gasteiger partial charge is 0.244 e. The quantitative estimate of drug-likeness (QED) is 0.928. The first-order valence-electron chi connectivity index (χ1n) is 6.78. The van der Waals surface area contributed by atoms with E-state index >= 15 is 0 Å². The summed E-state index contributed by atoms with van der Waals surface area (Å²) in [5.74, 6) is 0.497. The minimum atomic E-state index is -3.34. The van der Waals surface area contributed by atoms with E-state index in [0.29, 0.717) is 30.4 Å². The second-order valence-corrected chi connectivity index (χ2v) is 8.36. The fraction of sp³-hybridized carbons (Fsp3) is 0.692. The molecule has 1 fully saturated rings. The van der Waals surface area contributed by atoms with Crippen LogP contribution >= 0.6 is 11.3 Å². The molecule has 1 saturated heterocycles. The van der Waals surface area contributed by atoms with Crippen molar-refractivity contribution < 1.29 is 8.42 Å². The summed E-state index contributed by atoms with van der Waals surface area (Å²) in [6, 6.07) is 1.74. The van der Waals surface area contributed by atoms with Crippen LogP contribution in [0.4, 0.5) is 0 Å². The molecule has 0 spiro atoms. The number of hydrogen-bond donors (Lipinski definition) is 1. The van der Waals surface area contributed by atoms with Gasteiger partial charge in [-0.15, -0.1) is 11.3 Å². The SMILES string of the molecule is CCC1CCCN(S(=O)(=O)c2cc(CN)sc2C)C1. The topological polar surface area (TPSA) is 63.4 Å². The van der Waals surface area contributed by atoms with Crippen molar-refractivity contribution in [2.45, 2.75) is 44.6 Å². The van der Waals surface area contributed by atoms with E-state index in [1.54, 1.807) is 10.4 Å². The Morgan fingerprint density at radius 1 is 1.53 bits per heavy atom. The summed E-state index contributed by atoms with van der Waals surface area (Å²) in [5, 5.41) is 0. The molecule has 1 atom stereocenters. The zero-order valence-corrected chi connectivity index (χ0v) is 13.2. The lowest BCUT2D eigenvalue weighted by Crippen LogP contribution is -2.39. The molecule has 2 rings (SSSR count). The average Bonchev–Trinajstić information content (AvgIpc) is 2.81. The molecule has 2 heterocycles. The van der Waals surface area contributed by atoms with Crippen molar-refractivity contribution in [1.82, 2.24) is 4.31 Å². The van der Waals surface area contributed by atoms with Crippen molar-refractivity contribution in [1.29, 1.82) is 0 Å². The van der Waals surface area contributed by atoms with Gasteiger partial charge in [0.25, 0.3) is 0 Å². The highest BCUT2D eigenvalue weighted by molar-refractivity contribution is 7.89. The molecule has 1 aromatic rings. The maximum atomic E-state index is 12.7. The molecule has 1 aromatic heterocycles. The molecule has 19 heavy (non-hydrogen) atoms. The number of piperidine rings is 1. The molecule has 1 aliphatic rings. The predicted octanol–water partition coefficient (Wildman–Crippen LogP) is 2.33. The van der Waals surface area contributed by atoms with E-state index < -0.39 is 10.0 Å². The highest BCUT2D eigenvalue weighted by Gasteiger charge is 2.31. The Kier molecular flexibility index (Phi) is 4.66. The van der Waals surface area contributed by atoms with Crippen LogP contribution in [0.25, 0.3) is 0 Å². The molecule has 6 heteroatoms. The third kappa shape index (κ3) is 3.02. The van der Waals surface area contributed by atoms with Crippen molar-refractivity contribution in [2.75, 3.05) is 13.1 Å². The van der Waals surface area contributed by atoms with Crippen LogP contribution in [0.15, 0.2) is 11.0 Å². The molecular formula is C13H22N2O2S2. The Morgan fingerprint density at radius 2 is 2.26 bits per heavy atom. The molecule has 0 bridgehead atoms. The average molecular weight is 302 g/mol. The molecule has 0 saturated carbocycles. The van der Waals surface area contributed by atoms with Crippen LogP contribution in [-0.2, 0) is 16.6 Å². The normalized spacial score (nSPS) is 21.7. The number of thiophene rings is 1. The van der Waals surface area contributed by atoms with E-state index in [-0.39, 0.29) is 0 Å². The molecule has 2 N–H and O–H groups in total. The van der Waals surface area contributed by atoms with Gasteiger partial charge in [-0.2, -0.15) is 4.31 Å². The lowest BCUT2D eigenvalue weighted by Gasteiger charge is -2.31. The van der Waals surface area contributed by atoms with Crippen LogP contribution in [-0.4, -0.2) is 25.8 Å². The highest BCUT2D eigenvalue weighted by atomic mass is 32.2. The lowest BCUT2D eigenvalue weighted by atomic mass is 9.97. The zero-order chi connectivity index (χ0) is 14.0. The van der Waals surface area contributed by atoms with Gasteiger partial charge < -0.3 is 5.73 Å². The molecule has 108 valence electrons. The Balaban J connectivity index is 2.28. The van der Waals surface area contributed by atoms with Gasteiger partial charge in [-0.1, -0.05) is 13.3 Å². The van der Waals surface area contributed by atoms with E-state index in [0.717, 1.165) is 29.0 Å². The Labute approximate surface area is 119 Å². The van der Waals surface area contributed by atoms with Crippen molar-refractivity contribution >= 4 is 21.4 Å². The molecule has 0 amide bonds. The second-order valence-electron chi connectivity index (χ2n) is 5.12. The van der Waals surface area contributed by atoms with Gasteiger partial charge in [0, 0.05) is 29.4 Å². The molecule has 0 aromatic carbocycles. The van der Waals surface area contributed by atoms with Crippen LogP contribution in [0.1, 0.15) is 35.9 Å². The Hall–Kier alpha value is -0.430. The monoisotopic (exact) mass is 302 g/mol. The molecule has 1 unspecified atom stereocenters. The van der Waals surface area contributed by atoms with Crippen molar-refractivity contribution in [3.63, 3.8) is 0 Å². The van der Waals surface area contributed by atoms with Gasteiger partial charge in [0.1, 0.15) is 0 Å². The Bertz CT molecular complexity index is 537. The summed E-state index contributed by atoms with van der Waals surface area (Å²) in [7, 11) is -3.34. The minimum absolute atomic E-state index is 0.401. The van der Waals surface area contributed by atoms with E-state index in [4.69, 9.17) is 5.73 Å². The Morgan fingerprint density at radius 3 is 2.84 bits per heavy atom. The summed E-state index contributed by atoms with van der Waals surface area (Å²) < 4.78 is 27.0. The number of aryl methyl sites for hydroxylation is 1. The summed E-state index contributed by atoms with van der Waals surface area (Å²) in [5.41, 5.74) is 5.60. The van der Waals surface area contributed by atoms with Crippen LogP contribution in [0.3, 0.4) is 0 Å². The van der Waals surface area contributed by atoms with E-state index in [9.17, 15) is 8.42 Å². The van der Waals surface area contributed by atoms with Gasteiger partial charge in [0.2, 0.25) is 10.0 Å². The van der Waals surface area contributed by atoms with Gasteiger partial charge in [0.05, 0.1) is 4.90 Å². The first-order chi connectivity index (χ1) is 8.98. The third-order valence-electron chi connectivity index (χ3n) is 3.80. The number of nitrogens with zero attached hydrogens (tertiary/aromatic N) is 1. The van der Waals surface area contributed by atoms with Crippen molar-refractivity contribution in [3.8, 4) is 0 Å². The molecule has 0 radical (unpaired) electrons. The maximum absolute atomic E-state index is 12.7. The summed E-state index contributed by atoms with van der Waals surface area (Å²) in [6.45, 7) is 5.69. The lowest BCUT2D eigenvalue weighted by molar-refractivity contribution is 0.261. The third-order valence-corrected chi connectivity index (χ3v) is 6.99. The minimum Gasteiger partial charge on any atom is -0.326 e. The van der Waals surface area contributed by atoms with Gasteiger partial charge in [-0.3, -0.25) is 0 Å². The summed E-state index contributed by atoms with van der Waals surface area (Å²) >= 11 is 1.48. The molecular weight excluding hydrogens is 280 g/mol. The fourth-order valence-electron chi connectivity index (χ4n) is 2.60. The van der Waals surface area contributed by atoms with Gasteiger partial charge >= 0.3 is 0 Å². The fourth-order valence-corrected chi connectivity index (χ4v) is 5.64. The standard InChI is InChI=1S/C13H22N2O2S2/c1-3-11-5-4-6-15(9-11)19(16,17)13-7-12(8-14)18-10(13)2/h7,11H,3-6,8-9,14H2,1-2H3. The van der Waals surface area contributed by atoms with E-state index in [1.165, 1.54) is 11.3 Å². The number of sulfonamides is 1. The number of rotatable bonds is 4. The number of hydrogen-bond acceptors (Lipinski definition) is 4. The van der Waals surface area contributed by atoms with Crippen molar-refractivity contribution in [3.05, 3.63) is 15.8 Å². The van der Waals surface area contributed by atoms with E-state index in [1.807, 2.05) is 6.92 Å². The summed E-state index contributed by atoms with van der Waals surface area (Å²) in [4.78, 5) is 2.23. The van der Waals surface area contributed by atoms with Crippen molar-refractivity contribution in [2.24, 2.45) is 11.7 Å². The summed E-state index contributed by atoms with van der Waals surface area (Å²) in [6.07, 6.45) is 3.15. The predicted molar refractivity (Wildman–Crippen MR) is 78.7 cm³/mol. The van der Waals surface area contributed by atoms with Gasteiger partial charge in [0.15, 0.2) is 0 Å². The highest BCUT2D eigenvalue weighted by Crippen LogP contribution is 2.31. The van der Waals surface area contributed by atoms with Gasteiger partial charge in [-0.25, -0.2) is 8.42 Å². The second kappa shape index (κ2) is 5.91. The van der Waals surface area contributed by atoms with Crippen LogP contribution in [0.2, 0.25) is 0 Å². The number of nitrogens with two attached hydrogens (primary N) is 1. The molecule has 1 aliphatic heterocycles. The zero-order valence-electron chi connectivity index (χ0n) is 11.6. The van der Waals surface area contributed by atoms with E-state index in [2.05, 4.69) is 6.92 Å². The first-order valence-corrected chi connectivity index (χ1v) is 9.04. The van der Waals surface area contributed by atoms with Gasteiger partial charge in [-0.05, 0) is 31.7 Å². The van der Waals surface area contributed by atoms with Crippen LogP contribution in [0, 0.1) is 12.8 Å².